The Hall–Kier alpha value is -1.81. The Morgan fingerprint density at radius 1 is 1.10 bits per heavy atom. The van der Waals surface area contributed by atoms with E-state index in [0.717, 1.165) is 37.6 Å². The molecule has 0 unspecified atom stereocenters. The van der Waals surface area contributed by atoms with Gasteiger partial charge in [-0.15, -0.1) is 0 Å². The van der Waals surface area contributed by atoms with Gasteiger partial charge in [0, 0.05) is 26.3 Å². The maximum atomic E-state index is 5.71. The smallest absolute Gasteiger partial charge is 0.119 e. The van der Waals surface area contributed by atoms with E-state index in [1.807, 2.05) is 36.1 Å². The molecule has 1 aromatic carbocycles. The van der Waals surface area contributed by atoms with Crippen LogP contribution in [0.25, 0.3) is 0 Å². The maximum Gasteiger partial charge on any atom is 0.119 e. The van der Waals surface area contributed by atoms with Gasteiger partial charge < -0.3 is 10.1 Å². The van der Waals surface area contributed by atoms with E-state index in [1.165, 1.54) is 18.4 Å². The summed E-state index contributed by atoms with van der Waals surface area (Å²) in [6.07, 6.45) is 5.55. The largest absolute Gasteiger partial charge is 0.494 e. The number of aromatic nitrogens is 2. The molecule has 1 heterocycles. The second-order valence-corrected chi connectivity index (χ2v) is 5.28. The molecule has 0 fully saturated rings. The van der Waals surface area contributed by atoms with E-state index >= 15 is 0 Å². The van der Waals surface area contributed by atoms with Crippen LogP contribution in [-0.2, 0) is 20.1 Å². The Labute approximate surface area is 127 Å². The monoisotopic (exact) mass is 287 g/mol. The number of benzene rings is 1. The van der Waals surface area contributed by atoms with Crippen LogP contribution in [0.3, 0.4) is 0 Å². The molecule has 0 atom stereocenters. The van der Waals surface area contributed by atoms with Gasteiger partial charge in [-0.05, 0) is 30.2 Å². The zero-order valence-corrected chi connectivity index (χ0v) is 13.0. The highest BCUT2D eigenvalue weighted by atomic mass is 16.5. The van der Waals surface area contributed by atoms with Crippen molar-refractivity contribution in [2.45, 2.75) is 39.3 Å². The molecule has 114 valence electrons. The minimum atomic E-state index is 0.788. The fraction of sp³-hybridized carbons (Fsp3) is 0.471. The van der Waals surface area contributed by atoms with Crippen LogP contribution in [0.5, 0.6) is 5.75 Å². The van der Waals surface area contributed by atoms with E-state index in [-0.39, 0.29) is 0 Å². The molecule has 0 spiro atoms. The molecular formula is C17H25N3O. The summed E-state index contributed by atoms with van der Waals surface area (Å²) in [5.41, 5.74) is 2.32. The first kappa shape index (κ1) is 15.6. The van der Waals surface area contributed by atoms with Gasteiger partial charge in [0.2, 0.25) is 0 Å². The van der Waals surface area contributed by atoms with Crippen LogP contribution in [0.4, 0.5) is 0 Å². The van der Waals surface area contributed by atoms with Crippen LogP contribution in [0.1, 0.15) is 37.4 Å². The molecule has 0 saturated heterocycles. The molecule has 0 radical (unpaired) electrons. The van der Waals surface area contributed by atoms with Crippen LogP contribution in [-0.4, -0.2) is 16.4 Å². The summed E-state index contributed by atoms with van der Waals surface area (Å²) in [4.78, 5) is 0. The summed E-state index contributed by atoms with van der Waals surface area (Å²) in [5.74, 6) is 0.958. The molecule has 4 nitrogen and oxygen atoms in total. The van der Waals surface area contributed by atoms with E-state index in [9.17, 15) is 0 Å². The van der Waals surface area contributed by atoms with Gasteiger partial charge in [-0.3, -0.25) is 4.68 Å². The highest BCUT2D eigenvalue weighted by Gasteiger charge is 1.98. The van der Waals surface area contributed by atoms with Crippen LogP contribution < -0.4 is 10.1 Å². The number of unbranched alkanes of at least 4 members (excludes halogenated alkanes) is 2. The average molecular weight is 287 g/mol. The minimum Gasteiger partial charge on any atom is -0.494 e. The van der Waals surface area contributed by atoms with Crippen molar-refractivity contribution in [1.82, 2.24) is 15.1 Å². The van der Waals surface area contributed by atoms with Crippen molar-refractivity contribution in [1.29, 1.82) is 0 Å². The van der Waals surface area contributed by atoms with Crippen LogP contribution >= 0.6 is 0 Å². The van der Waals surface area contributed by atoms with E-state index in [2.05, 4.69) is 29.5 Å². The van der Waals surface area contributed by atoms with E-state index in [1.54, 1.807) is 0 Å². The van der Waals surface area contributed by atoms with Crippen molar-refractivity contribution in [2.75, 3.05) is 6.61 Å². The summed E-state index contributed by atoms with van der Waals surface area (Å²) in [6.45, 7) is 4.64. The number of aryl methyl sites for hydroxylation is 1. The number of nitrogens with one attached hydrogen (secondary N) is 1. The standard InChI is InChI=1S/C17H25N3O/c1-3-4-5-12-21-17-8-6-15(7-9-17)13-18-14-16-10-11-20(2)19-16/h6-11,18H,3-5,12-14H2,1-2H3. The zero-order valence-electron chi connectivity index (χ0n) is 13.0. The molecule has 1 aromatic heterocycles. The first-order valence-electron chi connectivity index (χ1n) is 7.69. The van der Waals surface area contributed by atoms with Gasteiger partial charge in [0.05, 0.1) is 12.3 Å². The van der Waals surface area contributed by atoms with Gasteiger partial charge in [-0.1, -0.05) is 31.9 Å². The predicted molar refractivity (Wildman–Crippen MR) is 85.2 cm³/mol. The van der Waals surface area contributed by atoms with Crippen molar-refractivity contribution in [3.8, 4) is 5.75 Å². The lowest BCUT2D eigenvalue weighted by Crippen LogP contribution is -2.13. The zero-order chi connectivity index (χ0) is 14.9. The molecule has 0 bridgehead atoms. The van der Waals surface area contributed by atoms with Gasteiger partial charge in [-0.2, -0.15) is 5.10 Å². The number of hydrogen-bond acceptors (Lipinski definition) is 3. The third-order valence-corrected chi connectivity index (χ3v) is 3.34. The van der Waals surface area contributed by atoms with E-state index < -0.39 is 0 Å². The second kappa shape index (κ2) is 8.47. The van der Waals surface area contributed by atoms with Gasteiger partial charge in [0.25, 0.3) is 0 Å². The lowest BCUT2D eigenvalue weighted by molar-refractivity contribution is 0.306. The minimum absolute atomic E-state index is 0.788. The van der Waals surface area contributed by atoms with Crippen LogP contribution in [0, 0.1) is 0 Å². The Morgan fingerprint density at radius 3 is 2.57 bits per heavy atom. The third kappa shape index (κ3) is 5.60. The van der Waals surface area contributed by atoms with Crippen molar-refractivity contribution >= 4 is 0 Å². The summed E-state index contributed by atoms with van der Waals surface area (Å²) < 4.78 is 7.53. The fourth-order valence-corrected chi connectivity index (χ4v) is 2.14. The van der Waals surface area contributed by atoms with Gasteiger partial charge >= 0.3 is 0 Å². The average Bonchev–Trinajstić information content (AvgIpc) is 2.91. The normalized spacial score (nSPS) is 10.8. The number of ether oxygens (including phenoxy) is 1. The molecule has 2 rings (SSSR count). The van der Waals surface area contributed by atoms with Crippen LogP contribution in [0.15, 0.2) is 36.5 Å². The molecule has 2 aromatic rings. The first-order chi connectivity index (χ1) is 10.3. The second-order valence-electron chi connectivity index (χ2n) is 5.28. The topological polar surface area (TPSA) is 39.1 Å². The number of nitrogens with zero attached hydrogens (tertiary/aromatic N) is 2. The number of rotatable bonds is 9. The Morgan fingerprint density at radius 2 is 1.90 bits per heavy atom. The fourth-order valence-electron chi connectivity index (χ4n) is 2.14. The molecule has 0 aliphatic rings. The summed E-state index contributed by atoms with van der Waals surface area (Å²) in [5, 5.41) is 7.73. The van der Waals surface area contributed by atoms with E-state index in [4.69, 9.17) is 4.74 Å². The summed E-state index contributed by atoms with van der Waals surface area (Å²) in [7, 11) is 1.93. The Balaban J connectivity index is 1.69. The molecule has 21 heavy (non-hydrogen) atoms. The van der Waals surface area contributed by atoms with Crippen LogP contribution in [0.2, 0.25) is 0 Å². The Bertz CT molecular complexity index is 519. The molecule has 0 aliphatic heterocycles. The first-order valence-corrected chi connectivity index (χ1v) is 7.69. The SMILES string of the molecule is CCCCCOc1ccc(CNCc2ccn(C)n2)cc1. The molecule has 0 amide bonds. The third-order valence-electron chi connectivity index (χ3n) is 3.34. The highest BCUT2D eigenvalue weighted by Crippen LogP contribution is 2.13. The van der Waals surface area contributed by atoms with Gasteiger partial charge in [0.1, 0.15) is 5.75 Å². The van der Waals surface area contributed by atoms with Crippen molar-refractivity contribution < 1.29 is 4.74 Å². The molecule has 4 heteroatoms. The van der Waals surface area contributed by atoms with E-state index in [0.29, 0.717) is 0 Å². The molecule has 0 aliphatic carbocycles. The molecule has 0 saturated carbocycles. The highest BCUT2D eigenvalue weighted by molar-refractivity contribution is 5.27. The van der Waals surface area contributed by atoms with Gasteiger partial charge in [0.15, 0.2) is 0 Å². The molecular weight excluding hydrogens is 262 g/mol. The predicted octanol–water partition coefficient (Wildman–Crippen LogP) is 3.28. The lowest BCUT2D eigenvalue weighted by atomic mass is 10.2. The quantitative estimate of drug-likeness (QED) is 0.719. The maximum absolute atomic E-state index is 5.71. The summed E-state index contributed by atoms with van der Waals surface area (Å²) in [6, 6.07) is 10.3. The van der Waals surface area contributed by atoms with Gasteiger partial charge in [-0.25, -0.2) is 0 Å². The summed E-state index contributed by atoms with van der Waals surface area (Å²) >= 11 is 0. The molecule has 1 N–H and O–H groups in total. The van der Waals surface area contributed by atoms with Crippen molar-refractivity contribution in [3.63, 3.8) is 0 Å². The van der Waals surface area contributed by atoms with Crippen molar-refractivity contribution in [3.05, 3.63) is 47.8 Å². The Kier molecular flexibility index (Phi) is 6.28. The lowest BCUT2D eigenvalue weighted by Gasteiger charge is -2.07. The number of hydrogen-bond donors (Lipinski definition) is 1. The van der Waals surface area contributed by atoms with Crippen molar-refractivity contribution in [2.24, 2.45) is 7.05 Å².